The second-order valence-electron chi connectivity index (χ2n) is 19.3. The lowest BCUT2D eigenvalue weighted by molar-refractivity contribution is -0.303. The first-order valence-corrected chi connectivity index (χ1v) is 27.1. The molecule has 0 aromatic heterocycles. The Labute approximate surface area is 392 Å². The van der Waals surface area contributed by atoms with E-state index in [4.69, 9.17) is 9.47 Å². The summed E-state index contributed by atoms with van der Waals surface area (Å²) in [7, 11) is 0. The number of allylic oxidation sites excluding steroid dienone is 2. The van der Waals surface area contributed by atoms with E-state index in [1.807, 2.05) is 0 Å². The van der Waals surface area contributed by atoms with Gasteiger partial charge in [0, 0.05) is 0 Å². The minimum absolute atomic E-state index is 0.259. The highest BCUT2D eigenvalue weighted by molar-refractivity contribution is 5.80. The summed E-state index contributed by atoms with van der Waals surface area (Å²) in [6.45, 7) is 3.38. The van der Waals surface area contributed by atoms with Crippen molar-refractivity contribution in [2.75, 3.05) is 13.2 Å². The lowest BCUT2D eigenvalue weighted by atomic mass is 9.98. The molecule has 1 rings (SSSR count). The highest BCUT2D eigenvalue weighted by Crippen LogP contribution is 2.23. The molecular weight excluding hydrogens is 811 g/mol. The first-order valence-electron chi connectivity index (χ1n) is 27.1. The van der Waals surface area contributed by atoms with Crippen LogP contribution >= 0.6 is 0 Å². The number of amides is 1. The Bertz CT molecular complexity index is 1050. The molecule has 1 aliphatic heterocycles. The summed E-state index contributed by atoms with van der Waals surface area (Å²) in [6.07, 6.45) is 37.5. The molecule has 0 radical (unpaired) electrons. The van der Waals surface area contributed by atoms with E-state index >= 15 is 0 Å². The van der Waals surface area contributed by atoms with Gasteiger partial charge in [0.25, 0.3) is 0 Å². The number of aliphatic hydroxyl groups is 7. The average Bonchev–Trinajstić information content (AvgIpc) is 3.29. The number of aliphatic hydroxyl groups excluding tert-OH is 7. The van der Waals surface area contributed by atoms with Crippen LogP contribution in [0, 0.1) is 0 Å². The Hall–Kier alpha value is -1.15. The van der Waals surface area contributed by atoms with Gasteiger partial charge in [-0.2, -0.15) is 0 Å². The number of carbonyl (C=O) groups excluding carboxylic acids is 1. The van der Waals surface area contributed by atoms with Crippen molar-refractivity contribution in [3.63, 3.8) is 0 Å². The molecule has 1 heterocycles. The van der Waals surface area contributed by atoms with Crippen LogP contribution in [0.4, 0.5) is 0 Å². The molecule has 8 N–H and O–H groups in total. The molecule has 380 valence electrons. The van der Waals surface area contributed by atoms with Crippen LogP contribution in [0.3, 0.4) is 0 Å². The zero-order valence-electron chi connectivity index (χ0n) is 41.3. The lowest BCUT2D eigenvalue weighted by Gasteiger charge is -2.40. The molecule has 9 unspecified atom stereocenters. The summed E-state index contributed by atoms with van der Waals surface area (Å²) < 4.78 is 11.1. The average molecular weight is 914 g/mol. The van der Waals surface area contributed by atoms with E-state index in [1.54, 1.807) is 0 Å². The molecule has 11 nitrogen and oxygen atoms in total. The number of nitrogens with one attached hydrogen (secondary N) is 1. The van der Waals surface area contributed by atoms with Crippen LogP contribution in [0.25, 0.3) is 0 Å². The standard InChI is InChI=1S/C53H103NO10/c1-3-5-7-9-11-13-14-15-16-17-18-19-20-21-22-23-24-25-26-27-28-29-30-31-32-33-35-37-39-41-46(57)52(62)54-44(43-63-53-51(61)50(60)49(59)47(42-55)64-53)48(58)45(56)40-38-36-34-12-10-8-6-4-2/h12,34,44-51,53,55-61H,3-11,13-33,35-43H2,1-2H3,(H,54,62)/b34-12+. The summed E-state index contributed by atoms with van der Waals surface area (Å²) in [5, 5.41) is 75.5. The van der Waals surface area contributed by atoms with E-state index in [0.29, 0.717) is 12.8 Å². The molecule has 64 heavy (non-hydrogen) atoms. The highest BCUT2D eigenvalue weighted by Gasteiger charge is 2.44. The zero-order valence-corrected chi connectivity index (χ0v) is 41.3. The number of hydrogen-bond acceptors (Lipinski definition) is 10. The maximum atomic E-state index is 13.1. The normalized spacial score (nSPS) is 21.0. The molecule has 0 bridgehead atoms. The number of carbonyl (C=O) groups is 1. The fraction of sp³-hybridized carbons (Fsp3) is 0.943. The third-order valence-electron chi connectivity index (χ3n) is 13.3. The minimum atomic E-state index is -1.66. The Morgan fingerprint density at radius 3 is 1.34 bits per heavy atom. The molecule has 1 amide bonds. The van der Waals surface area contributed by atoms with Crippen molar-refractivity contribution in [3.05, 3.63) is 12.2 Å². The number of hydrogen-bond donors (Lipinski definition) is 8. The quantitative estimate of drug-likeness (QED) is 0.0216. The molecular formula is C53H103NO10. The maximum absolute atomic E-state index is 13.1. The van der Waals surface area contributed by atoms with Gasteiger partial charge in [0.05, 0.1) is 25.4 Å². The van der Waals surface area contributed by atoms with Crippen molar-refractivity contribution in [1.29, 1.82) is 0 Å². The number of rotatable bonds is 46. The van der Waals surface area contributed by atoms with E-state index in [9.17, 15) is 40.5 Å². The van der Waals surface area contributed by atoms with Crippen molar-refractivity contribution in [2.24, 2.45) is 0 Å². The van der Waals surface area contributed by atoms with Crippen molar-refractivity contribution in [3.8, 4) is 0 Å². The predicted octanol–water partition coefficient (Wildman–Crippen LogP) is 10.4. The van der Waals surface area contributed by atoms with E-state index in [0.717, 1.165) is 44.9 Å². The first kappa shape index (κ1) is 60.9. The van der Waals surface area contributed by atoms with Gasteiger partial charge in [0.1, 0.15) is 36.6 Å². The Morgan fingerprint density at radius 1 is 0.531 bits per heavy atom. The zero-order chi connectivity index (χ0) is 46.9. The van der Waals surface area contributed by atoms with Gasteiger partial charge in [0.15, 0.2) is 6.29 Å². The summed E-state index contributed by atoms with van der Waals surface area (Å²) in [6, 6.07) is -1.18. The van der Waals surface area contributed by atoms with E-state index < -0.39 is 74.2 Å². The largest absolute Gasteiger partial charge is 0.394 e. The van der Waals surface area contributed by atoms with Crippen molar-refractivity contribution in [1.82, 2.24) is 5.32 Å². The summed E-state index contributed by atoms with van der Waals surface area (Å²) in [5.41, 5.74) is 0. The van der Waals surface area contributed by atoms with Crippen molar-refractivity contribution in [2.45, 2.75) is 306 Å². The number of ether oxygens (including phenoxy) is 2. The summed E-state index contributed by atoms with van der Waals surface area (Å²) >= 11 is 0. The topological polar surface area (TPSA) is 189 Å². The van der Waals surface area contributed by atoms with Gasteiger partial charge in [-0.25, -0.2) is 0 Å². The number of unbranched alkanes of at least 4 members (excludes halogenated alkanes) is 32. The van der Waals surface area contributed by atoms with Crippen LogP contribution in [0.5, 0.6) is 0 Å². The Kier molecular flexibility index (Phi) is 41.0. The molecule has 0 spiro atoms. The minimum Gasteiger partial charge on any atom is -0.394 e. The molecule has 0 saturated carbocycles. The van der Waals surface area contributed by atoms with Gasteiger partial charge in [-0.05, 0) is 38.5 Å². The highest BCUT2D eigenvalue weighted by atomic mass is 16.7. The van der Waals surface area contributed by atoms with Crippen LogP contribution in [-0.4, -0.2) is 110 Å². The van der Waals surface area contributed by atoms with Gasteiger partial charge in [-0.15, -0.1) is 0 Å². The van der Waals surface area contributed by atoms with E-state index in [2.05, 4.69) is 31.3 Å². The van der Waals surface area contributed by atoms with Gasteiger partial charge >= 0.3 is 0 Å². The third kappa shape index (κ3) is 31.8. The second-order valence-corrected chi connectivity index (χ2v) is 19.3. The van der Waals surface area contributed by atoms with E-state index in [1.165, 1.54) is 167 Å². The van der Waals surface area contributed by atoms with Crippen LogP contribution in [0.15, 0.2) is 12.2 Å². The van der Waals surface area contributed by atoms with Gasteiger partial charge in [-0.1, -0.05) is 225 Å². The van der Waals surface area contributed by atoms with Crippen LogP contribution in [0.2, 0.25) is 0 Å². The van der Waals surface area contributed by atoms with Gasteiger partial charge in [-0.3, -0.25) is 4.79 Å². The molecule has 0 aromatic carbocycles. The van der Waals surface area contributed by atoms with Crippen molar-refractivity contribution >= 4 is 5.91 Å². The molecule has 0 aliphatic carbocycles. The van der Waals surface area contributed by atoms with Gasteiger partial charge in [0.2, 0.25) is 5.91 Å². The lowest BCUT2D eigenvalue weighted by Crippen LogP contribution is -2.60. The summed E-state index contributed by atoms with van der Waals surface area (Å²) in [4.78, 5) is 13.1. The molecule has 0 aromatic rings. The fourth-order valence-electron chi connectivity index (χ4n) is 8.85. The molecule has 11 heteroatoms. The molecule has 1 fully saturated rings. The van der Waals surface area contributed by atoms with Crippen LogP contribution in [0.1, 0.15) is 251 Å². The summed E-state index contributed by atoms with van der Waals surface area (Å²) in [5.74, 6) is -0.705. The molecule has 9 atom stereocenters. The monoisotopic (exact) mass is 914 g/mol. The Morgan fingerprint density at radius 2 is 0.922 bits per heavy atom. The van der Waals surface area contributed by atoms with Gasteiger partial charge < -0.3 is 50.5 Å². The first-order chi connectivity index (χ1) is 31.2. The SMILES string of the molecule is CCCCC/C=C/CCCC(O)C(O)C(COC1OC(CO)C(O)C(O)C1O)NC(=O)C(O)CCCCCCCCCCCCCCCCCCCCCCCCCCCCCCC. The fourth-order valence-corrected chi connectivity index (χ4v) is 8.85. The van der Waals surface area contributed by atoms with Crippen molar-refractivity contribution < 1.29 is 50.0 Å². The van der Waals surface area contributed by atoms with Crippen LogP contribution in [-0.2, 0) is 14.3 Å². The predicted molar refractivity (Wildman–Crippen MR) is 261 cm³/mol. The third-order valence-corrected chi connectivity index (χ3v) is 13.3. The smallest absolute Gasteiger partial charge is 0.249 e. The Balaban J connectivity index is 2.17. The maximum Gasteiger partial charge on any atom is 0.249 e. The second kappa shape index (κ2) is 43.2. The molecule has 1 aliphatic rings. The molecule has 1 saturated heterocycles. The van der Waals surface area contributed by atoms with Crippen LogP contribution < -0.4 is 5.32 Å². The van der Waals surface area contributed by atoms with E-state index in [-0.39, 0.29) is 12.8 Å².